The largest absolute Gasteiger partial charge is 0.756 e. The maximum Gasteiger partial charge on any atom is 0.306 e. The van der Waals surface area contributed by atoms with Crippen LogP contribution in [0.15, 0.2) is 72.9 Å². The number of likely N-dealkylation sites (N-methyl/N-ethyl adjacent to an activating group) is 1. The van der Waals surface area contributed by atoms with Crippen molar-refractivity contribution in [3.63, 3.8) is 0 Å². The first-order chi connectivity index (χ1) is 37.0. The Labute approximate surface area is 469 Å². The van der Waals surface area contributed by atoms with Crippen molar-refractivity contribution in [3.05, 3.63) is 72.9 Å². The average Bonchev–Trinajstić information content (AvgIpc) is 3.38. The molecule has 0 spiro atoms. The number of hydrogen-bond acceptors (Lipinski definition) is 8. The van der Waals surface area contributed by atoms with Crippen LogP contribution in [0, 0.1) is 0 Å². The molecule has 0 aromatic heterocycles. The molecule has 0 saturated carbocycles. The van der Waals surface area contributed by atoms with Crippen molar-refractivity contribution in [2.45, 2.75) is 290 Å². The van der Waals surface area contributed by atoms with Gasteiger partial charge in [-0.05, 0) is 83.5 Å². The third-order valence-electron chi connectivity index (χ3n) is 13.7. The molecule has 0 heterocycles. The van der Waals surface area contributed by atoms with Crippen LogP contribution in [0.5, 0.6) is 0 Å². The summed E-state index contributed by atoms with van der Waals surface area (Å²) in [6.45, 7) is 4.13. The molecule has 0 aromatic carbocycles. The number of carbonyl (C=O) groups excluding carboxylic acids is 2. The van der Waals surface area contributed by atoms with Gasteiger partial charge in [-0.3, -0.25) is 14.2 Å². The number of ether oxygens (including phenoxy) is 2. The minimum atomic E-state index is -4.64. The van der Waals surface area contributed by atoms with Crippen LogP contribution in [0.2, 0.25) is 0 Å². The molecular weight excluding hydrogens is 966 g/mol. The summed E-state index contributed by atoms with van der Waals surface area (Å²) in [7, 11) is 1.16. The molecule has 0 aliphatic heterocycles. The SMILES string of the molecule is CC/C=C\C/C=C\C/C=C\C/C=C\CCCCCCCCCCC(=O)OC(COC(=O)CCCCCCCCCCCCCCCCCCCCC/C=C\C/C=C\CCCCCCC)COP(=O)([O-])OCC[N+](C)(C)C. The monoisotopic (exact) mass is 1090 g/mol. The number of allylic oxidation sites excluding steroid dienone is 12. The molecule has 0 fully saturated rings. The van der Waals surface area contributed by atoms with Crippen molar-refractivity contribution in [3.8, 4) is 0 Å². The zero-order chi connectivity index (χ0) is 55.6. The van der Waals surface area contributed by atoms with Crippen molar-refractivity contribution in [1.29, 1.82) is 0 Å². The number of nitrogens with zero attached hydrogens (tertiary/aromatic N) is 1. The van der Waals surface area contributed by atoms with Gasteiger partial charge in [0.1, 0.15) is 19.8 Å². The Morgan fingerprint density at radius 2 is 0.750 bits per heavy atom. The Morgan fingerprint density at radius 1 is 0.421 bits per heavy atom. The van der Waals surface area contributed by atoms with Gasteiger partial charge < -0.3 is 27.9 Å². The molecule has 2 atom stereocenters. The Morgan fingerprint density at radius 3 is 1.12 bits per heavy atom. The van der Waals surface area contributed by atoms with Crippen LogP contribution in [-0.4, -0.2) is 70.0 Å². The van der Waals surface area contributed by atoms with E-state index in [4.69, 9.17) is 18.5 Å². The van der Waals surface area contributed by atoms with E-state index in [1.54, 1.807) is 0 Å². The Hall–Kier alpha value is -2.55. The highest BCUT2D eigenvalue weighted by Crippen LogP contribution is 2.38. The Kier molecular flexibility index (Phi) is 55.2. The minimum Gasteiger partial charge on any atom is -0.756 e. The van der Waals surface area contributed by atoms with E-state index < -0.39 is 26.5 Å². The van der Waals surface area contributed by atoms with E-state index in [2.05, 4.69) is 86.8 Å². The van der Waals surface area contributed by atoms with Crippen molar-refractivity contribution in [2.24, 2.45) is 0 Å². The predicted molar refractivity (Wildman–Crippen MR) is 323 cm³/mol. The molecular formula is C66H120NO8P. The fourth-order valence-corrected chi connectivity index (χ4v) is 9.58. The van der Waals surface area contributed by atoms with Crippen molar-refractivity contribution in [1.82, 2.24) is 0 Å². The molecule has 0 saturated heterocycles. The summed E-state index contributed by atoms with van der Waals surface area (Å²) in [6.07, 6.45) is 75.3. The zero-order valence-corrected chi connectivity index (χ0v) is 51.1. The maximum atomic E-state index is 12.8. The normalized spacial score (nSPS) is 13.7. The highest BCUT2D eigenvalue weighted by molar-refractivity contribution is 7.45. The summed E-state index contributed by atoms with van der Waals surface area (Å²) in [6, 6.07) is 0. The molecule has 442 valence electrons. The van der Waals surface area contributed by atoms with Gasteiger partial charge in [-0.1, -0.05) is 260 Å². The van der Waals surface area contributed by atoms with E-state index in [1.807, 2.05) is 21.1 Å². The second kappa shape index (κ2) is 57.1. The van der Waals surface area contributed by atoms with Crippen molar-refractivity contribution in [2.75, 3.05) is 47.5 Å². The first kappa shape index (κ1) is 73.5. The molecule has 0 aliphatic rings. The summed E-state index contributed by atoms with van der Waals surface area (Å²) in [5, 5.41) is 0. The first-order valence-corrected chi connectivity index (χ1v) is 33.1. The quantitative estimate of drug-likeness (QED) is 0.0195. The third-order valence-corrected chi connectivity index (χ3v) is 14.7. The lowest BCUT2D eigenvalue weighted by atomic mass is 10.0. The topological polar surface area (TPSA) is 111 Å². The predicted octanol–water partition coefficient (Wildman–Crippen LogP) is 19.4. The average molecular weight is 1090 g/mol. The van der Waals surface area contributed by atoms with Crippen LogP contribution in [0.4, 0.5) is 0 Å². The van der Waals surface area contributed by atoms with Crippen LogP contribution in [0.3, 0.4) is 0 Å². The lowest BCUT2D eigenvalue weighted by Crippen LogP contribution is -2.37. The van der Waals surface area contributed by atoms with Gasteiger partial charge in [0, 0.05) is 12.8 Å². The molecule has 0 N–H and O–H groups in total. The number of phosphoric acid groups is 1. The van der Waals surface area contributed by atoms with Gasteiger partial charge in [0.05, 0.1) is 27.7 Å². The van der Waals surface area contributed by atoms with Gasteiger partial charge in [-0.25, -0.2) is 0 Å². The number of rotatable bonds is 58. The summed E-state index contributed by atoms with van der Waals surface area (Å²) in [5.41, 5.74) is 0. The van der Waals surface area contributed by atoms with Crippen LogP contribution >= 0.6 is 7.82 Å². The number of unbranched alkanes of at least 4 members (excludes halogenated alkanes) is 32. The van der Waals surface area contributed by atoms with Crippen LogP contribution in [-0.2, 0) is 32.7 Å². The number of quaternary nitrogens is 1. The summed E-state index contributed by atoms with van der Waals surface area (Å²) in [5.74, 6) is -0.835. The third kappa shape index (κ3) is 60.7. The molecule has 0 bridgehead atoms. The number of hydrogen-bond donors (Lipinski definition) is 0. The zero-order valence-electron chi connectivity index (χ0n) is 50.2. The fourth-order valence-electron chi connectivity index (χ4n) is 8.86. The Bertz CT molecular complexity index is 1510. The summed E-state index contributed by atoms with van der Waals surface area (Å²) >= 11 is 0. The molecule has 0 radical (unpaired) electrons. The molecule has 9 nitrogen and oxygen atoms in total. The lowest BCUT2D eigenvalue weighted by Gasteiger charge is -2.28. The Balaban J connectivity index is 4.06. The van der Waals surface area contributed by atoms with Gasteiger partial charge in [0.25, 0.3) is 7.82 Å². The van der Waals surface area contributed by atoms with Crippen molar-refractivity contribution < 1.29 is 42.1 Å². The van der Waals surface area contributed by atoms with Gasteiger partial charge in [0.15, 0.2) is 6.10 Å². The fraction of sp³-hybridized carbons (Fsp3) is 0.788. The summed E-state index contributed by atoms with van der Waals surface area (Å²) in [4.78, 5) is 37.9. The van der Waals surface area contributed by atoms with Crippen LogP contribution in [0.25, 0.3) is 0 Å². The second-order valence-corrected chi connectivity index (χ2v) is 23.8. The molecule has 0 aliphatic carbocycles. The molecule has 0 aromatic rings. The molecule has 0 rings (SSSR count). The van der Waals surface area contributed by atoms with Gasteiger partial charge >= 0.3 is 11.9 Å². The lowest BCUT2D eigenvalue weighted by molar-refractivity contribution is -0.870. The van der Waals surface area contributed by atoms with E-state index >= 15 is 0 Å². The highest BCUT2D eigenvalue weighted by atomic mass is 31.2. The van der Waals surface area contributed by atoms with Crippen molar-refractivity contribution >= 4 is 19.8 Å². The van der Waals surface area contributed by atoms with Gasteiger partial charge in [-0.2, -0.15) is 0 Å². The minimum absolute atomic E-state index is 0.0341. The van der Waals surface area contributed by atoms with E-state index in [9.17, 15) is 19.0 Å². The van der Waals surface area contributed by atoms with E-state index in [1.165, 1.54) is 173 Å². The number of phosphoric ester groups is 1. The molecule has 2 unspecified atom stereocenters. The summed E-state index contributed by atoms with van der Waals surface area (Å²) < 4.78 is 34.2. The second-order valence-electron chi connectivity index (χ2n) is 22.4. The standard InChI is InChI=1S/C66H120NO8P/c1-6-8-10-12-14-16-18-20-22-24-26-28-29-30-31-32-33-34-35-36-37-39-40-42-44-46-48-50-52-54-56-58-65(68)72-62-64(63-74-76(70,71)73-61-60-67(3,4)5)75-66(69)59-57-55-53-51-49-47-45-43-41-38-27-25-23-21-19-17-15-13-11-9-7-2/h9,11,15,17-18,20-21,23-24,26-27,38,64H,6-8,10,12-14,16,19,22,25,28-37,39-63H2,1-5H3/b11-9-,17-15-,20-18-,23-21-,26-24-,38-27-. The maximum absolute atomic E-state index is 12.8. The number of carbonyl (C=O) groups is 2. The van der Waals surface area contributed by atoms with Gasteiger partial charge in [-0.15, -0.1) is 0 Å². The first-order valence-electron chi connectivity index (χ1n) is 31.6. The highest BCUT2D eigenvalue weighted by Gasteiger charge is 2.22. The van der Waals surface area contributed by atoms with Crippen LogP contribution < -0.4 is 4.89 Å². The number of esters is 2. The van der Waals surface area contributed by atoms with Gasteiger partial charge in [0.2, 0.25) is 0 Å². The van der Waals surface area contributed by atoms with E-state index in [-0.39, 0.29) is 32.0 Å². The van der Waals surface area contributed by atoms with E-state index in [0.29, 0.717) is 17.4 Å². The molecule has 0 amide bonds. The smallest absolute Gasteiger partial charge is 0.306 e. The van der Waals surface area contributed by atoms with Crippen LogP contribution in [0.1, 0.15) is 284 Å². The molecule has 76 heavy (non-hydrogen) atoms. The molecule has 10 heteroatoms. The van der Waals surface area contributed by atoms with E-state index in [0.717, 1.165) is 77.0 Å².